The van der Waals surface area contributed by atoms with E-state index in [4.69, 9.17) is 0 Å². The van der Waals surface area contributed by atoms with E-state index in [1.54, 1.807) is 0 Å². The summed E-state index contributed by atoms with van der Waals surface area (Å²) >= 11 is 0. The van der Waals surface area contributed by atoms with Crippen molar-refractivity contribution in [3.8, 4) is 0 Å². The molecule has 96 valence electrons. The van der Waals surface area contributed by atoms with Crippen LogP contribution in [0.1, 0.15) is 19.3 Å². The first-order chi connectivity index (χ1) is 8.51. The molecule has 2 aliphatic rings. The number of nitro groups is 1. The lowest BCUT2D eigenvalue weighted by atomic mass is 10.3. The molecule has 1 heterocycles. The van der Waals surface area contributed by atoms with Crippen LogP contribution in [0.25, 0.3) is 0 Å². The number of sulfonamides is 1. The van der Waals surface area contributed by atoms with E-state index >= 15 is 0 Å². The van der Waals surface area contributed by atoms with Crippen LogP contribution in [-0.2, 0) is 10.0 Å². The van der Waals surface area contributed by atoms with Gasteiger partial charge < -0.3 is 0 Å². The monoisotopic (exact) mass is 268 g/mol. The minimum atomic E-state index is -3.46. The number of nitrogens with zero attached hydrogens (tertiary/aromatic N) is 2. The van der Waals surface area contributed by atoms with E-state index in [9.17, 15) is 18.5 Å². The normalized spacial score (nSPS) is 29.9. The fourth-order valence-corrected chi connectivity index (χ4v) is 4.58. The average molecular weight is 268 g/mol. The van der Waals surface area contributed by atoms with E-state index in [1.165, 1.54) is 28.6 Å². The number of fused-ring (bicyclic) bond motifs is 1. The van der Waals surface area contributed by atoms with Crippen molar-refractivity contribution in [3.05, 3.63) is 34.4 Å². The molecule has 0 bridgehead atoms. The Kier molecular flexibility index (Phi) is 2.43. The SMILES string of the molecule is O=[N+]([O-])c1ccc(S(=O)(=O)N2[C@@H]3CCC[C@H]32)cc1. The molecule has 1 saturated carbocycles. The third-order valence-corrected chi connectivity index (χ3v) is 5.60. The van der Waals surface area contributed by atoms with Gasteiger partial charge in [-0.05, 0) is 25.0 Å². The summed E-state index contributed by atoms with van der Waals surface area (Å²) in [5, 5.41) is 10.5. The third-order valence-electron chi connectivity index (χ3n) is 3.63. The summed E-state index contributed by atoms with van der Waals surface area (Å²) in [5.74, 6) is 0. The van der Waals surface area contributed by atoms with Gasteiger partial charge in [0.25, 0.3) is 5.69 Å². The first kappa shape index (κ1) is 11.6. The molecule has 2 atom stereocenters. The van der Waals surface area contributed by atoms with Gasteiger partial charge in [0.05, 0.1) is 9.82 Å². The molecule has 2 fully saturated rings. The molecule has 1 aliphatic carbocycles. The zero-order valence-corrected chi connectivity index (χ0v) is 10.3. The number of hydrogen-bond acceptors (Lipinski definition) is 4. The van der Waals surface area contributed by atoms with Crippen LogP contribution in [0.15, 0.2) is 29.2 Å². The van der Waals surface area contributed by atoms with Crippen molar-refractivity contribution in [3.63, 3.8) is 0 Å². The largest absolute Gasteiger partial charge is 0.269 e. The van der Waals surface area contributed by atoms with Crippen LogP contribution in [0.2, 0.25) is 0 Å². The van der Waals surface area contributed by atoms with Gasteiger partial charge in [-0.3, -0.25) is 10.1 Å². The zero-order valence-electron chi connectivity index (χ0n) is 9.52. The average Bonchev–Trinajstić information content (AvgIpc) is 2.86. The molecule has 6 nitrogen and oxygen atoms in total. The number of piperidine rings is 1. The fraction of sp³-hybridized carbons (Fsp3) is 0.455. The van der Waals surface area contributed by atoms with Crippen molar-refractivity contribution in [1.29, 1.82) is 0 Å². The van der Waals surface area contributed by atoms with E-state index in [0.29, 0.717) is 0 Å². The van der Waals surface area contributed by atoms with Crippen molar-refractivity contribution in [2.45, 2.75) is 36.2 Å². The Hall–Kier alpha value is -1.47. The second kappa shape index (κ2) is 3.76. The maximum atomic E-state index is 12.2. The maximum Gasteiger partial charge on any atom is 0.269 e. The van der Waals surface area contributed by atoms with E-state index in [-0.39, 0.29) is 22.7 Å². The van der Waals surface area contributed by atoms with Crippen LogP contribution in [0, 0.1) is 10.1 Å². The number of non-ortho nitro benzene ring substituents is 1. The Balaban J connectivity index is 1.88. The Morgan fingerprint density at radius 3 is 2.22 bits per heavy atom. The zero-order chi connectivity index (χ0) is 12.9. The first-order valence-corrected chi connectivity index (χ1v) is 7.24. The highest BCUT2D eigenvalue weighted by Crippen LogP contribution is 2.46. The van der Waals surface area contributed by atoms with Crippen LogP contribution >= 0.6 is 0 Å². The lowest BCUT2D eigenvalue weighted by Crippen LogP contribution is -2.17. The van der Waals surface area contributed by atoms with Crippen LogP contribution in [0.5, 0.6) is 0 Å². The molecule has 0 aromatic heterocycles. The molecule has 1 aliphatic heterocycles. The second-order valence-corrected chi connectivity index (χ2v) is 6.49. The quantitative estimate of drug-likeness (QED) is 0.473. The Labute approximate surface area is 104 Å². The Bertz CT molecular complexity index is 586. The van der Waals surface area contributed by atoms with Crippen LogP contribution in [-0.4, -0.2) is 29.7 Å². The highest BCUT2D eigenvalue weighted by Gasteiger charge is 2.57. The molecule has 1 aromatic rings. The van der Waals surface area contributed by atoms with Crippen molar-refractivity contribution in [2.75, 3.05) is 0 Å². The minimum Gasteiger partial charge on any atom is -0.258 e. The van der Waals surface area contributed by atoms with Gasteiger partial charge in [-0.15, -0.1) is 0 Å². The molecular formula is C11H12N2O4S. The van der Waals surface area contributed by atoms with Crippen LogP contribution < -0.4 is 0 Å². The van der Waals surface area contributed by atoms with Crippen molar-refractivity contribution < 1.29 is 13.3 Å². The molecule has 0 N–H and O–H groups in total. The van der Waals surface area contributed by atoms with Gasteiger partial charge in [-0.25, -0.2) is 8.42 Å². The number of benzene rings is 1. The van der Waals surface area contributed by atoms with Gasteiger partial charge in [0.1, 0.15) is 0 Å². The smallest absolute Gasteiger partial charge is 0.258 e. The standard InChI is InChI=1S/C11H12N2O4S/c14-13(15)8-4-6-9(7-5-8)18(16,17)12-10-2-1-3-11(10)12/h4-7,10-11H,1-3H2/t10-,11-/m1/s1. The van der Waals surface area contributed by atoms with Gasteiger partial charge in [-0.2, -0.15) is 4.31 Å². The molecule has 3 rings (SSSR count). The molecule has 1 saturated heterocycles. The first-order valence-electron chi connectivity index (χ1n) is 5.80. The molecular weight excluding hydrogens is 256 g/mol. The summed E-state index contributed by atoms with van der Waals surface area (Å²) in [6.45, 7) is 0. The molecule has 7 heteroatoms. The molecule has 0 spiro atoms. The summed E-state index contributed by atoms with van der Waals surface area (Å²) in [6, 6.07) is 5.39. The lowest BCUT2D eigenvalue weighted by molar-refractivity contribution is -0.384. The third kappa shape index (κ3) is 1.62. The van der Waals surface area contributed by atoms with E-state index in [0.717, 1.165) is 19.3 Å². The van der Waals surface area contributed by atoms with Gasteiger partial charge in [0.2, 0.25) is 10.0 Å². The Morgan fingerprint density at radius 2 is 1.72 bits per heavy atom. The van der Waals surface area contributed by atoms with Crippen molar-refractivity contribution >= 4 is 15.7 Å². The summed E-state index contributed by atoms with van der Waals surface area (Å²) in [4.78, 5) is 10.1. The molecule has 0 unspecified atom stereocenters. The highest BCUT2D eigenvalue weighted by atomic mass is 32.2. The summed E-state index contributed by atoms with van der Waals surface area (Å²) in [7, 11) is -3.46. The minimum absolute atomic E-state index is 0.0973. The fourth-order valence-electron chi connectivity index (χ4n) is 2.70. The van der Waals surface area contributed by atoms with E-state index in [1.807, 2.05) is 0 Å². The molecule has 18 heavy (non-hydrogen) atoms. The summed E-state index contributed by atoms with van der Waals surface area (Å²) in [6.07, 6.45) is 2.94. The van der Waals surface area contributed by atoms with Crippen LogP contribution in [0.3, 0.4) is 0 Å². The lowest BCUT2D eigenvalue weighted by Gasteiger charge is -2.08. The van der Waals surface area contributed by atoms with Gasteiger partial charge >= 0.3 is 0 Å². The number of rotatable bonds is 3. The number of nitro benzene ring substituents is 1. The van der Waals surface area contributed by atoms with Gasteiger partial charge in [-0.1, -0.05) is 6.42 Å². The van der Waals surface area contributed by atoms with E-state index < -0.39 is 14.9 Å². The van der Waals surface area contributed by atoms with Crippen molar-refractivity contribution in [1.82, 2.24) is 4.31 Å². The van der Waals surface area contributed by atoms with Gasteiger partial charge in [0.15, 0.2) is 0 Å². The maximum absolute atomic E-state index is 12.2. The molecule has 0 radical (unpaired) electrons. The van der Waals surface area contributed by atoms with E-state index in [2.05, 4.69) is 0 Å². The topological polar surface area (TPSA) is 80.3 Å². The number of hydrogen-bond donors (Lipinski definition) is 0. The van der Waals surface area contributed by atoms with Crippen molar-refractivity contribution in [2.24, 2.45) is 0 Å². The summed E-state index contributed by atoms with van der Waals surface area (Å²) < 4.78 is 26.0. The molecule has 1 aromatic carbocycles. The predicted molar refractivity (Wildman–Crippen MR) is 63.5 cm³/mol. The Morgan fingerprint density at radius 1 is 1.17 bits per heavy atom. The highest BCUT2D eigenvalue weighted by molar-refractivity contribution is 7.89. The second-order valence-electron chi connectivity index (χ2n) is 4.65. The van der Waals surface area contributed by atoms with Gasteiger partial charge in [0, 0.05) is 24.2 Å². The summed E-state index contributed by atoms with van der Waals surface area (Å²) in [5.41, 5.74) is -0.0973. The van der Waals surface area contributed by atoms with Crippen LogP contribution in [0.4, 0.5) is 5.69 Å². The molecule has 0 amide bonds. The predicted octanol–water partition coefficient (Wildman–Crippen LogP) is 1.52.